The van der Waals surface area contributed by atoms with Crippen LogP contribution in [0, 0.1) is 0 Å². The third kappa shape index (κ3) is 2.81. The molecule has 0 aliphatic heterocycles. The summed E-state index contributed by atoms with van der Waals surface area (Å²) < 4.78 is 5.19. The molecule has 0 N–H and O–H groups in total. The molecule has 0 aromatic heterocycles. The lowest BCUT2D eigenvalue weighted by Crippen LogP contribution is -2.02. The van der Waals surface area contributed by atoms with Crippen molar-refractivity contribution in [3.63, 3.8) is 0 Å². The van der Waals surface area contributed by atoms with Crippen LogP contribution >= 0.6 is 0 Å². The first-order valence-electron chi connectivity index (χ1n) is 5.53. The Balaban J connectivity index is 2.02. The normalized spacial score (nSPS) is 10.8. The van der Waals surface area contributed by atoms with Gasteiger partial charge >= 0.3 is 0 Å². The van der Waals surface area contributed by atoms with Crippen molar-refractivity contribution in [2.24, 2.45) is 0 Å². The molecule has 2 rings (SSSR count). The highest BCUT2D eigenvalue weighted by Crippen LogP contribution is 2.15. The fourth-order valence-corrected chi connectivity index (χ4v) is 1.75. The Kier molecular flexibility index (Phi) is 3.91. The average Bonchev–Trinajstić information content (AvgIpc) is 2.34. The Morgan fingerprint density at radius 2 is 1.75 bits per heavy atom. The Labute approximate surface area is 95.5 Å². The van der Waals surface area contributed by atoms with Gasteiger partial charge in [-0.1, -0.05) is 42.5 Å². The van der Waals surface area contributed by atoms with Crippen molar-refractivity contribution in [1.82, 2.24) is 0 Å². The highest BCUT2D eigenvalue weighted by molar-refractivity contribution is 5.82. The molecule has 16 heavy (non-hydrogen) atoms. The van der Waals surface area contributed by atoms with Crippen LogP contribution in [-0.4, -0.2) is 19.8 Å². The van der Waals surface area contributed by atoms with E-state index < -0.39 is 0 Å². The lowest BCUT2D eigenvalue weighted by molar-refractivity contribution is 0.0653. The third-order valence-electron chi connectivity index (χ3n) is 2.58. The van der Waals surface area contributed by atoms with Crippen molar-refractivity contribution in [3.05, 3.63) is 48.0 Å². The second kappa shape index (κ2) is 5.64. The lowest BCUT2D eigenvalue weighted by Gasteiger charge is -2.04. The second-order valence-electron chi connectivity index (χ2n) is 3.75. The second-order valence-corrected chi connectivity index (χ2v) is 3.75. The summed E-state index contributed by atoms with van der Waals surface area (Å²) in [6, 6.07) is 14.7. The van der Waals surface area contributed by atoms with Crippen molar-refractivity contribution in [2.45, 2.75) is 6.42 Å². The van der Waals surface area contributed by atoms with Crippen molar-refractivity contribution in [2.75, 3.05) is 19.8 Å². The van der Waals surface area contributed by atoms with E-state index in [0.29, 0.717) is 13.2 Å². The molecule has 0 heterocycles. The van der Waals surface area contributed by atoms with Crippen molar-refractivity contribution in [1.29, 1.82) is 0 Å². The van der Waals surface area contributed by atoms with Crippen molar-refractivity contribution >= 4 is 10.8 Å². The summed E-state index contributed by atoms with van der Waals surface area (Å²) in [5, 5.41) is 12.7. The van der Waals surface area contributed by atoms with Gasteiger partial charge in [-0.3, -0.25) is 0 Å². The van der Waals surface area contributed by atoms with Crippen LogP contribution in [0.1, 0.15) is 5.56 Å². The summed E-state index contributed by atoms with van der Waals surface area (Å²) in [6.45, 7) is 0.784. The van der Waals surface area contributed by atoms with Gasteiger partial charge in [-0.25, -0.2) is 5.11 Å². The first-order chi connectivity index (χ1) is 7.90. The Bertz CT molecular complexity index is 451. The molecule has 2 aromatic carbocycles. The quantitative estimate of drug-likeness (QED) is 0.705. The maximum Gasteiger partial charge on any atom is 0.106 e. The van der Waals surface area contributed by atoms with Gasteiger partial charge in [-0.15, -0.1) is 0 Å². The van der Waals surface area contributed by atoms with Crippen LogP contribution in [0.5, 0.6) is 0 Å². The Hall–Kier alpha value is -1.38. The molecule has 83 valence electrons. The molecule has 0 fully saturated rings. The topological polar surface area (TPSA) is 29.1 Å². The first kappa shape index (κ1) is 11.1. The van der Waals surface area contributed by atoms with Gasteiger partial charge in [0.1, 0.15) is 6.61 Å². The van der Waals surface area contributed by atoms with E-state index in [1.165, 1.54) is 16.3 Å². The molecule has 0 unspecified atom stereocenters. The molecule has 0 atom stereocenters. The molecule has 0 saturated carbocycles. The van der Waals surface area contributed by atoms with E-state index in [0.717, 1.165) is 6.42 Å². The van der Waals surface area contributed by atoms with Gasteiger partial charge in [0.2, 0.25) is 0 Å². The molecule has 0 bridgehead atoms. The zero-order valence-electron chi connectivity index (χ0n) is 9.19. The van der Waals surface area contributed by atoms with Crippen LogP contribution in [0.3, 0.4) is 0 Å². The molecule has 0 aliphatic rings. The van der Waals surface area contributed by atoms with E-state index in [9.17, 15) is 5.11 Å². The van der Waals surface area contributed by atoms with E-state index in [1.807, 2.05) is 12.1 Å². The summed E-state index contributed by atoms with van der Waals surface area (Å²) in [7, 11) is 0. The minimum atomic E-state index is -0.155. The van der Waals surface area contributed by atoms with E-state index in [1.54, 1.807) is 0 Å². The smallest absolute Gasteiger partial charge is 0.106 e. The van der Waals surface area contributed by atoms with Crippen molar-refractivity contribution < 1.29 is 9.84 Å². The fourth-order valence-electron chi connectivity index (χ4n) is 1.75. The van der Waals surface area contributed by atoms with Crippen LogP contribution in [-0.2, 0) is 16.3 Å². The molecule has 1 radical (unpaired) electrons. The lowest BCUT2D eigenvalue weighted by atomic mass is 10.1. The predicted octanol–water partition coefficient (Wildman–Crippen LogP) is 2.83. The van der Waals surface area contributed by atoms with Crippen LogP contribution in [0.2, 0.25) is 0 Å². The van der Waals surface area contributed by atoms with Gasteiger partial charge in [0.05, 0.1) is 13.2 Å². The molecular weight excluding hydrogens is 200 g/mol. The highest BCUT2D eigenvalue weighted by atomic mass is 16.5. The van der Waals surface area contributed by atoms with Crippen LogP contribution in [0.15, 0.2) is 42.5 Å². The summed E-state index contributed by atoms with van der Waals surface area (Å²) >= 11 is 0. The molecule has 0 spiro atoms. The fraction of sp³-hybridized carbons (Fsp3) is 0.286. The van der Waals surface area contributed by atoms with Gasteiger partial charge in [-0.2, -0.15) is 0 Å². The first-order valence-corrected chi connectivity index (χ1v) is 5.53. The zero-order valence-corrected chi connectivity index (χ0v) is 9.19. The molecule has 0 amide bonds. The maximum absolute atomic E-state index is 10.2. The van der Waals surface area contributed by atoms with Gasteiger partial charge in [0, 0.05) is 0 Å². The Morgan fingerprint density at radius 3 is 2.56 bits per heavy atom. The van der Waals surface area contributed by atoms with E-state index in [2.05, 4.69) is 30.3 Å². The predicted molar refractivity (Wildman–Crippen MR) is 64.0 cm³/mol. The summed E-state index contributed by atoms with van der Waals surface area (Å²) in [5.41, 5.74) is 1.25. The number of hydrogen-bond donors (Lipinski definition) is 0. The number of rotatable bonds is 5. The largest absolute Gasteiger partial charge is 0.379 e. The number of ether oxygens (including phenoxy) is 1. The van der Waals surface area contributed by atoms with E-state index >= 15 is 0 Å². The van der Waals surface area contributed by atoms with E-state index in [-0.39, 0.29) is 6.61 Å². The SMILES string of the molecule is [O]CCOCCc1ccc2ccccc2c1. The Morgan fingerprint density at radius 1 is 0.938 bits per heavy atom. The third-order valence-corrected chi connectivity index (χ3v) is 2.58. The molecular formula is C14H15O2. The summed E-state index contributed by atoms with van der Waals surface area (Å²) in [6.07, 6.45) is 0.866. The standard InChI is InChI=1S/C14H15O2/c15-8-10-16-9-7-12-5-6-13-3-1-2-4-14(13)11-12/h1-6,11H,7-10H2. The maximum atomic E-state index is 10.2. The van der Waals surface area contributed by atoms with Gasteiger partial charge in [-0.05, 0) is 22.8 Å². The monoisotopic (exact) mass is 215 g/mol. The number of hydrogen-bond acceptors (Lipinski definition) is 1. The average molecular weight is 215 g/mol. The van der Waals surface area contributed by atoms with Crippen LogP contribution in [0.25, 0.3) is 10.8 Å². The van der Waals surface area contributed by atoms with Crippen molar-refractivity contribution in [3.8, 4) is 0 Å². The van der Waals surface area contributed by atoms with E-state index in [4.69, 9.17) is 4.74 Å². The molecule has 2 nitrogen and oxygen atoms in total. The van der Waals surface area contributed by atoms with Gasteiger partial charge in [0.15, 0.2) is 0 Å². The van der Waals surface area contributed by atoms with Gasteiger partial charge < -0.3 is 4.74 Å². The number of benzene rings is 2. The molecule has 2 heteroatoms. The molecule has 0 saturated heterocycles. The summed E-state index contributed by atoms with van der Waals surface area (Å²) in [5.74, 6) is 0. The van der Waals surface area contributed by atoms with Crippen LogP contribution < -0.4 is 0 Å². The number of fused-ring (bicyclic) bond motifs is 1. The minimum absolute atomic E-state index is 0.155. The highest BCUT2D eigenvalue weighted by Gasteiger charge is 1.96. The zero-order chi connectivity index (χ0) is 11.2. The molecule has 0 aliphatic carbocycles. The van der Waals surface area contributed by atoms with Crippen LogP contribution in [0.4, 0.5) is 0 Å². The van der Waals surface area contributed by atoms with Gasteiger partial charge in [0.25, 0.3) is 0 Å². The minimum Gasteiger partial charge on any atom is -0.379 e. The molecule has 2 aromatic rings. The summed E-state index contributed by atoms with van der Waals surface area (Å²) in [4.78, 5) is 0.